The van der Waals surface area contributed by atoms with Crippen molar-refractivity contribution in [2.45, 2.75) is 49.4 Å². The first-order chi connectivity index (χ1) is 9.58. The molecule has 1 heterocycles. The van der Waals surface area contributed by atoms with Crippen LogP contribution in [0.1, 0.15) is 38.3 Å². The van der Waals surface area contributed by atoms with Crippen molar-refractivity contribution in [3.8, 4) is 0 Å². The Morgan fingerprint density at radius 1 is 1.70 bits per heavy atom. The minimum absolute atomic E-state index is 0.183. The fraction of sp³-hybridized carbons (Fsp3) is 0.714. The summed E-state index contributed by atoms with van der Waals surface area (Å²) in [7, 11) is 0. The summed E-state index contributed by atoms with van der Waals surface area (Å²) >= 11 is 3.48. The average Bonchev–Trinajstić information content (AvgIpc) is 2.98. The molecule has 0 saturated heterocycles. The van der Waals surface area contributed by atoms with Crippen LogP contribution in [0.2, 0.25) is 0 Å². The molecule has 112 valence electrons. The SMILES string of the molecule is CCNC1(C(N)=O)CCCC1CCSc1nc(C)cs1. The van der Waals surface area contributed by atoms with Gasteiger partial charge in [-0.1, -0.05) is 25.1 Å². The van der Waals surface area contributed by atoms with Gasteiger partial charge in [-0.15, -0.1) is 11.3 Å². The highest BCUT2D eigenvalue weighted by atomic mass is 32.2. The van der Waals surface area contributed by atoms with E-state index >= 15 is 0 Å². The maximum Gasteiger partial charge on any atom is 0.238 e. The van der Waals surface area contributed by atoms with Crippen LogP contribution in [-0.2, 0) is 4.79 Å². The Hall–Kier alpha value is -0.590. The summed E-state index contributed by atoms with van der Waals surface area (Å²) in [5.74, 6) is 1.17. The predicted octanol–water partition coefficient (Wildman–Crippen LogP) is 2.57. The number of hydrogen-bond donors (Lipinski definition) is 2. The number of aromatic nitrogens is 1. The minimum atomic E-state index is -0.478. The van der Waals surface area contributed by atoms with E-state index in [0.717, 1.165) is 48.0 Å². The average molecular weight is 313 g/mol. The number of amides is 1. The number of hydrogen-bond acceptors (Lipinski definition) is 5. The molecule has 0 radical (unpaired) electrons. The van der Waals surface area contributed by atoms with Gasteiger partial charge in [0.25, 0.3) is 0 Å². The molecule has 1 aromatic heterocycles. The molecule has 1 aromatic rings. The third-order valence-electron chi connectivity index (χ3n) is 4.04. The molecule has 4 nitrogen and oxygen atoms in total. The van der Waals surface area contributed by atoms with Crippen LogP contribution in [0.3, 0.4) is 0 Å². The molecular formula is C14H23N3OS2. The summed E-state index contributed by atoms with van der Waals surface area (Å²) in [6.45, 7) is 4.84. The van der Waals surface area contributed by atoms with Gasteiger partial charge in [0.2, 0.25) is 5.91 Å². The number of thiazole rings is 1. The van der Waals surface area contributed by atoms with Crippen LogP contribution >= 0.6 is 23.1 Å². The van der Waals surface area contributed by atoms with Gasteiger partial charge in [0.15, 0.2) is 0 Å². The zero-order chi connectivity index (χ0) is 14.6. The minimum Gasteiger partial charge on any atom is -0.368 e. The molecule has 1 fully saturated rings. The van der Waals surface area contributed by atoms with E-state index in [4.69, 9.17) is 5.73 Å². The molecule has 1 aliphatic rings. The van der Waals surface area contributed by atoms with Gasteiger partial charge in [-0.2, -0.15) is 0 Å². The van der Waals surface area contributed by atoms with Gasteiger partial charge in [0.1, 0.15) is 9.88 Å². The lowest BCUT2D eigenvalue weighted by Gasteiger charge is -2.33. The standard InChI is InChI=1S/C14H23N3OS2/c1-3-16-14(12(15)18)7-4-5-11(14)6-8-19-13-17-10(2)9-20-13/h9,11,16H,3-8H2,1-2H3,(H2,15,18). The van der Waals surface area contributed by atoms with Crippen molar-refractivity contribution in [1.29, 1.82) is 0 Å². The molecule has 0 spiro atoms. The van der Waals surface area contributed by atoms with Crippen molar-refractivity contribution in [3.05, 3.63) is 11.1 Å². The molecule has 2 atom stereocenters. The zero-order valence-electron chi connectivity index (χ0n) is 12.1. The van der Waals surface area contributed by atoms with E-state index in [1.807, 2.05) is 13.8 Å². The number of aryl methyl sites for hydroxylation is 1. The van der Waals surface area contributed by atoms with Crippen LogP contribution in [0, 0.1) is 12.8 Å². The Bertz CT molecular complexity index is 463. The Morgan fingerprint density at radius 2 is 2.50 bits per heavy atom. The topological polar surface area (TPSA) is 68.0 Å². The number of rotatable bonds is 7. The molecule has 1 aliphatic carbocycles. The summed E-state index contributed by atoms with van der Waals surface area (Å²) < 4.78 is 1.12. The second kappa shape index (κ2) is 6.91. The summed E-state index contributed by atoms with van der Waals surface area (Å²) in [5, 5.41) is 5.44. The molecule has 6 heteroatoms. The molecule has 0 aliphatic heterocycles. The highest BCUT2D eigenvalue weighted by molar-refractivity contribution is 8.01. The quantitative estimate of drug-likeness (QED) is 0.759. The number of thioether (sulfide) groups is 1. The van der Waals surface area contributed by atoms with Crippen molar-refractivity contribution in [2.75, 3.05) is 12.3 Å². The van der Waals surface area contributed by atoms with Gasteiger partial charge < -0.3 is 11.1 Å². The second-order valence-corrected chi connectivity index (χ2v) is 7.55. The van der Waals surface area contributed by atoms with Gasteiger partial charge in [-0.05, 0) is 38.6 Å². The first kappa shape index (κ1) is 15.8. The number of nitrogens with zero attached hydrogens (tertiary/aromatic N) is 1. The summed E-state index contributed by atoms with van der Waals surface area (Å²) in [6.07, 6.45) is 4.07. The largest absolute Gasteiger partial charge is 0.368 e. The van der Waals surface area contributed by atoms with Crippen LogP contribution in [0.15, 0.2) is 9.72 Å². The monoisotopic (exact) mass is 313 g/mol. The molecular weight excluding hydrogens is 290 g/mol. The molecule has 2 unspecified atom stereocenters. The first-order valence-corrected chi connectivity index (χ1v) is 9.05. The van der Waals surface area contributed by atoms with Crippen LogP contribution in [0.5, 0.6) is 0 Å². The highest BCUT2D eigenvalue weighted by Crippen LogP contribution is 2.39. The van der Waals surface area contributed by atoms with E-state index in [2.05, 4.69) is 15.7 Å². The fourth-order valence-electron chi connectivity index (χ4n) is 3.12. The normalized spacial score (nSPS) is 26.0. The van der Waals surface area contributed by atoms with Crippen molar-refractivity contribution in [1.82, 2.24) is 10.3 Å². The molecule has 1 saturated carbocycles. The third-order valence-corrected chi connectivity index (χ3v) is 6.21. The van der Waals surface area contributed by atoms with Crippen molar-refractivity contribution >= 4 is 29.0 Å². The summed E-state index contributed by atoms with van der Waals surface area (Å²) in [5.41, 5.74) is 6.28. The molecule has 1 amide bonds. The number of likely N-dealkylation sites (N-methyl/N-ethyl adjacent to an activating group) is 1. The number of carbonyl (C=O) groups is 1. The maximum atomic E-state index is 11.9. The zero-order valence-corrected chi connectivity index (χ0v) is 13.8. The van der Waals surface area contributed by atoms with Gasteiger partial charge in [0.05, 0.1) is 0 Å². The number of primary amides is 1. The van der Waals surface area contributed by atoms with Gasteiger partial charge >= 0.3 is 0 Å². The third kappa shape index (κ3) is 3.35. The van der Waals surface area contributed by atoms with Crippen LogP contribution < -0.4 is 11.1 Å². The summed E-state index contributed by atoms with van der Waals surface area (Å²) in [4.78, 5) is 16.4. The lowest BCUT2D eigenvalue weighted by molar-refractivity contribution is -0.125. The van der Waals surface area contributed by atoms with E-state index in [1.54, 1.807) is 23.1 Å². The second-order valence-electron chi connectivity index (χ2n) is 5.35. The van der Waals surface area contributed by atoms with Crippen molar-refractivity contribution in [2.24, 2.45) is 11.7 Å². The van der Waals surface area contributed by atoms with E-state index < -0.39 is 5.54 Å². The van der Waals surface area contributed by atoms with Gasteiger partial charge in [-0.3, -0.25) is 4.79 Å². The smallest absolute Gasteiger partial charge is 0.238 e. The van der Waals surface area contributed by atoms with E-state index in [-0.39, 0.29) is 5.91 Å². The van der Waals surface area contributed by atoms with E-state index in [9.17, 15) is 4.79 Å². The molecule has 2 rings (SSSR count). The van der Waals surface area contributed by atoms with Crippen molar-refractivity contribution in [3.63, 3.8) is 0 Å². The maximum absolute atomic E-state index is 11.9. The van der Waals surface area contributed by atoms with Crippen LogP contribution in [0.25, 0.3) is 0 Å². The van der Waals surface area contributed by atoms with E-state index in [0.29, 0.717) is 5.92 Å². The van der Waals surface area contributed by atoms with Crippen LogP contribution in [0.4, 0.5) is 0 Å². The lowest BCUT2D eigenvalue weighted by Crippen LogP contribution is -2.57. The molecule has 20 heavy (non-hydrogen) atoms. The fourth-order valence-corrected chi connectivity index (χ4v) is 5.09. The molecule has 3 N–H and O–H groups in total. The Morgan fingerprint density at radius 3 is 3.10 bits per heavy atom. The van der Waals surface area contributed by atoms with Crippen molar-refractivity contribution < 1.29 is 4.79 Å². The Kier molecular flexibility index (Phi) is 5.46. The Balaban J connectivity index is 1.91. The number of nitrogens with two attached hydrogens (primary N) is 1. The molecule has 0 bridgehead atoms. The molecule has 0 aromatic carbocycles. The predicted molar refractivity (Wildman–Crippen MR) is 85.1 cm³/mol. The number of nitrogens with one attached hydrogen (secondary N) is 1. The van der Waals surface area contributed by atoms with Gasteiger partial charge in [-0.25, -0.2) is 4.98 Å². The highest BCUT2D eigenvalue weighted by Gasteiger charge is 2.46. The van der Waals surface area contributed by atoms with Gasteiger partial charge in [0, 0.05) is 16.8 Å². The summed E-state index contributed by atoms with van der Waals surface area (Å²) in [6, 6.07) is 0. The Labute approximate surface area is 128 Å². The van der Waals surface area contributed by atoms with E-state index in [1.165, 1.54) is 0 Å². The number of carbonyl (C=O) groups excluding carboxylic acids is 1. The first-order valence-electron chi connectivity index (χ1n) is 7.18. The lowest BCUT2D eigenvalue weighted by atomic mass is 9.84. The van der Waals surface area contributed by atoms with Crippen LogP contribution in [-0.4, -0.2) is 28.7 Å².